The van der Waals surface area contributed by atoms with E-state index in [-0.39, 0.29) is 37.2 Å². The first-order chi connectivity index (χ1) is 16.1. The highest BCUT2D eigenvalue weighted by Crippen LogP contribution is 2.45. The van der Waals surface area contributed by atoms with E-state index in [0.717, 1.165) is 24.3 Å². The molecule has 2 aromatic carbocycles. The zero-order chi connectivity index (χ0) is 26.2. The molecule has 35 heavy (non-hydrogen) atoms. The molecule has 1 saturated heterocycles. The Morgan fingerprint density at radius 1 is 0.857 bits per heavy atom. The zero-order valence-corrected chi connectivity index (χ0v) is 18.5. The molecular formula is C24H22F9NO. The lowest BCUT2D eigenvalue weighted by Crippen LogP contribution is -2.40. The van der Waals surface area contributed by atoms with Gasteiger partial charge in [-0.2, -0.15) is 39.5 Å². The van der Waals surface area contributed by atoms with Gasteiger partial charge in [0.05, 0.1) is 16.7 Å². The summed E-state index contributed by atoms with van der Waals surface area (Å²) in [5, 5.41) is 0. The summed E-state index contributed by atoms with van der Waals surface area (Å²) in [6.07, 6.45) is -14.2. The maximum atomic E-state index is 13.8. The normalized spacial score (nSPS) is 19.1. The summed E-state index contributed by atoms with van der Waals surface area (Å²) in [7, 11) is 0. The van der Waals surface area contributed by atoms with E-state index in [4.69, 9.17) is 0 Å². The Kier molecular flexibility index (Phi) is 7.59. The highest BCUT2D eigenvalue weighted by Gasteiger charge is 2.42. The Balaban J connectivity index is 2.13. The van der Waals surface area contributed by atoms with E-state index in [1.54, 1.807) is 6.92 Å². The van der Waals surface area contributed by atoms with Crippen molar-refractivity contribution in [3.8, 4) is 0 Å². The second-order valence-electron chi connectivity index (χ2n) is 8.47. The minimum atomic E-state index is -4.93. The molecule has 1 aliphatic rings. The van der Waals surface area contributed by atoms with Gasteiger partial charge in [-0.05, 0) is 47.9 Å². The van der Waals surface area contributed by atoms with Gasteiger partial charge in [-0.25, -0.2) is 0 Å². The molecule has 2 nitrogen and oxygen atoms in total. The predicted molar refractivity (Wildman–Crippen MR) is 109 cm³/mol. The number of carbonyl (C=O) groups excluding carboxylic acids is 1. The molecule has 1 aliphatic heterocycles. The summed E-state index contributed by atoms with van der Waals surface area (Å²) in [6.45, 7) is 1.62. The molecule has 0 spiro atoms. The van der Waals surface area contributed by atoms with Crippen molar-refractivity contribution in [2.24, 2.45) is 0 Å². The monoisotopic (exact) mass is 511 g/mol. The molecule has 0 aliphatic carbocycles. The van der Waals surface area contributed by atoms with E-state index in [2.05, 4.69) is 0 Å². The van der Waals surface area contributed by atoms with Crippen LogP contribution in [0.5, 0.6) is 0 Å². The molecule has 0 amide bonds. The predicted octanol–water partition coefficient (Wildman–Crippen LogP) is 7.99. The first kappa shape index (κ1) is 27.0. The fourth-order valence-corrected chi connectivity index (χ4v) is 4.47. The molecule has 0 N–H and O–H groups in total. The summed E-state index contributed by atoms with van der Waals surface area (Å²) in [5.74, 6) is -0.235. The van der Waals surface area contributed by atoms with Crippen LogP contribution in [0, 0.1) is 0 Å². The van der Waals surface area contributed by atoms with E-state index >= 15 is 0 Å². The number of benzene rings is 2. The number of nitrogens with zero attached hydrogens (tertiary/aromatic N) is 1. The summed E-state index contributed by atoms with van der Waals surface area (Å²) in [6, 6.07) is 3.18. The summed E-state index contributed by atoms with van der Waals surface area (Å²) in [4.78, 5) is 13.7. The third-order valence-electron chi connectivity index (χ3n) is 6.10. The second-order valence-corrected chi connectivity index (χ2v) is 8.47. The highest BCUT2D eigenvalue weighted by molar-refractivity contribution is 5.80. The first-order valence-electron chi connectivity index (χ1n) is 10.9. The molecule has 0 bridgehead atoms. The first-order valence-corrected chi connectivity index (χ1v) is 10.9. The van der Waals surface area contributed by atoms with Gasteiger partial charge in [-0.3, -0.25) is 9.69 Å². The molecule has 1 fully saturated rings. The number of likely N-dealkylation sites (tertiary alicyclic amines) is 1. The van der Waals surface area contributed by atoms with Crippen LogP contribution < -0.4 is 0 Å². The number of piperidine rings is 1. The number of Topliss-reactive ketones (excluding diaryl/α,β-unsaturated/α-hetero) is 1. The lowest BCUT2D eigenvalue weighted by molar-refractivity contribution is -0.142. The van der Waals surface area contributed by atoms with Gasteiger partial charge in [-0.15, -0.1) is 0 Å². The van der Waals surface area contributed by atoms with Crippen molar-refractivity contribution in [1.29, 1.82) is 0 Å². The van der Waals surface area contributed by atoms with Crippen LogP contribution in [0.2, 0.25) is 0 Å². The second kappa shape index (κ2) is 9.83. The molecule has 3 rings (SSSR count). The molecule has 0 saturated carbocycles. The average molecular weight is 511 g/mol. The minimum absolute atomic E-state index is 0.0301. The Labute approximate surface area is 195 Å². The molecule has 2 unspecified atom stereocenters. The molecule has 2 aromatic rings. The quantitative estimate of drug-likeness (QED) is 0.379. The Morgan fingerprint density at radius 3 is 1.94 bits per heavy atom. The van der Waals surface area contributed by atoms with Crippen molar-refractivity contribution in [2.75, 3.05) is 6.54 Å². The summed E-state index contributed by atoms with van der Waals surface area (Å²) >= 11 is 0. The van der Waals surface area contributed by atoms with E-state index < -0.39 is 52.9 Å². The average Bonchev–Trinajstić information content (AvgIpc) is 2.75. The number of alkyl halides is 9. The largest absolute Gasteiger partial charge is 0.416 e. The van der Waals surface area contributed by atoms with Crippen molar-refractivity contribution in [3.05, 3.63) is 70.3 Å². The topological polar surface area (TPSA) is 20.3 Å². The van der Waals surface area contributed by atoms with Gasteiger partial charge < -0.3 is 0 Å². The van der Waals surface area contributed by atoms with Crippen molar-refractivity contribution < 1.29 is 44.3 Å². The van der Waals surface area contributed by atoms with Crippen LogP contribution >= 0.6 is 0 Å². The molecule has 11 heteroatoms. The summed E-state index contributed by atoms with van der Waals surface area (Å²) < 4.78 is 121. The molecular weight excluding hydrogens is 489 g/mol. The fourth-order valence-electron chi connectivity index (χ4n) is 4.47. The number of halogens is 9. The molecule has 192 valence electrons. The van der Waals surface area contributed by atoms with Crippen molar-refractivity contribution in [3.63, 3.8) is 0 Å². The van der Waals surface area contributed by atoms with Crippen LogP contribution in [0.3, 0.4) is 0 Å². The number of carbonyl (C=O) groups is 1. The van der Waals surface area contributed by atoms with Crippen LogP contribution in [-0.4, -0.2) is 17.2 Å². The standard InChI is InChI=1S/C24H22F9NO/c1-2-3-20(18-12-16(23(28,29)30)8-9-19(18)24(31,32)33)34-11-10-17(35)13-21(34)14-4-6-15(7-5-14)22(25,26)27/h4-9,12,20-21H,2-3,10-11,13H2,1H3. The SMILES string of the molecule is CCCC(c1cc(C(F)(F)F)ccc1C(F)(F)F)N1CCC(=O)CC1c1ccc(C(F)(F)F)cc1. The lowest BCUT2D eigenvalue weighted by Gasteiger charge is -2.42. The van der Waals surface area contributed by atoms with Crippen molar-refractivity contribution in [1.82, 2.24) is 4.90 Å². The molecule has 0 aromatic heterocycles. The maximum Gasteiger partial charge on any atom is 0.416 e. The van der Waals surface area contributed by atoms with Gasteiger partial charge in [0.15, 0.2) is 0 Å². The van der Waals surface area contributed by atoms with Crippen LogP contribution in [-0.2, 0) is 23.3 Å². The molecule has 0 radical (unpaired) electrons. The Morgan fingerprint density at radius 2 is 1.43 bits per heavy atom. The highest BCUT2D eigenvalue weighted by atomic mass is 19.4. The lowest BCUT2D eigenvalue weighted by atomic mass is 9.87. The van der Waals surface area contributed by atoms with Gasteiger partial charge in [0.25, 0.3) is 0 Å². The molecule has 2 atom stereocenters. The van der Waals surface area contributed by atoms with Crippen LogP contribution in [0.25, 0.3) is 0 Å². The van der Waals surface area contributed by atoms with Gasteiger partial charge in [-0.1, -0.05) is 25.5 Å². The summed E-state index contributed by atoms with van der Waals surface area (Å²) in [5.41, 5.74) is -3.68. The van der Waals surface area contributed by atoms with E-state index in [1.165, 1.54) is 4.90 Å². The van der Waals surface area contributed by atoms with Crippen molar-refractivity contribution >= 4 is 5.78 Å². The Hall–Kier alpha value is -2.56. The smallest absolute Gasteiger partial charge is 0.300 e. The molecule has 1 heterocycles. The van der Waals surface area contributed by atoms with E-state index in [1.807, 2.05) is 0 Å². The number of hydrogen-bond acceptors (Lipinski definition) is 2. The third kappa shape index (κ3) is 6.17. The maximum absolute atomic E-state index is 13.8. The fraction of sp³-hybridized carbons (Fsp3) is 0.458. The van der Waals surface area contributed by atoms with Crippen LogP contribution in [0.15, 0.2) is 42.5 Å². The van der Waals surface area contributed by atoms with Crippen molar-refractivity contribution in [2.45, 2.75) is 63.2 Å². The van der Waals surface area contributed by atoms with Crippen LogP contribution in [0.1, 0.15) is 72.5 Å². The van der Waals surface area contributed by atoms with Gasteiger partial charge in [0.1, 0.15) is 5.78 Å². The minimum Gasteiger partial charge on any atom is -0.300 e. The number of hydrogen-bond donors (Lipinski definition) is 0. The van der Waals surface area contributed by atoms with Gasteiger partial charge in [0, 0.05) is 31.5 Å². The van der Waals surface area contributed by atoms with Gasteiger partial charge in [0.2, 0.25) is 0 Å². The third-order valence-corrected chi connectivity index (χ3v) is 6.10. The van der Waals surface area contributed by atoms with Gasteiger partial charge >= 0.3 is 18.5 Å². The number of ketones is 1. The zero-order valence-electron chi connectivity index (χ0n) is 18.5. The van der Waals surface area contributed by atoms with E-state index in [9.17, 15) is 44.3 Å². The van der Waals surface area contributed by atoms with Crippen LogP contribution in [0.4, 0.5) is 39.5 Å². The number of rotatable bonds is 5. The Bertz CT molecular complexity index is 1040. The van der Waals surface area contributed by atoms with E-state index in [0.29, 0.717) is 24.6 Å².